The van der Waals surface area contributed by atoms with E-state index in [0.717, 1.165) is 0 Å². The van der Waals surface area contributed by atoms with Crippen molar-refractivity contribution in [2.45, 2.75) is 0 Å². The first kappa shape index (κ1) is 204. The maximum atomic E-state index is 6.92. The summed E-state index contributed by atoms with van der Waals surface area (Å²) < 4.78 is 0. The van der Waals surface area contributed by atoms with Crippen LogP contribution in [0.5, 0.6) is 0 Å². The van der Waals surface area contributed by atoms with Gasteiger partial charge >= 0.3 is 0 Å². The first-order valence-electron chi connectivity index (χ1n) is 0.258. The molecule has 10 N–H and O–H groups in total. The van der Waals surface area contributed by atoms with Crippen molar-refractivity contribution in [1.82, 2.24) is 0 Å². The van der Waals surface area contributed by atoms with Crippen molar-refractivity contribution in [2.24, 2.45) is 0 Å². The SMILES string of the molecule is N#[SiH].O.O.O.O.O.[Li].[V].[V]. The second-order valence-corrected chi connectivity index (χ2v) is 0. The molecule has 3 radical (unpaired) electrons. The van der Waals surface area contributed by atoms with Gasteiger partial charge in [0.05, 0.1) is 0 Å². The topological polar surface area (TPSA) is 181 Å². The number of hydrogen-bond donors (Lipinski definition) is 0. The molecule has 0 aliphatic rings. The molecule has 0 fully saturated rings. The van der Waals surface area contributed by atoms with E-state index in [9.17, 15) is 0 Å². The van der Waals surface area contributed by atoms with Crippen LogP contribution in [-0.2, 0) is 37.1 Å². The second-order valence-electron chi connectivity index (χ2n) is 0. The van der Waals surface area contributed by atoms with Gasteiger partial charge in [-0.05, 0) is 0 Å². The fourth-order valence-electron chi connectivity index (χ4n) is 0. The first-order chi connectivity index (χ1) is 1.00. The van der Waals surface area contributed by atoms with Gasteiger partial charge in [0.15, 0.2) is 9.88 Å². The van der Waals surface area contributed by atoms with Crippen molar-refractivity contribution in [2.75, 3.05) is 0 Å². The Morgan fingerprint density at radius 1 is 0.600 bits per heavy atom. The van der Waals surface area contributed by atoms with E-state index in [4.69, 9.17) is 4.89 Å². The van der Waals surface area contributed by atoms with Crippen LogP contribution in [0.1, 0.15) is 0 Å². The Balaban J connectivity index is -0.000000000179. The van der Waals surface area contributed by atoms with Crippen LogP contribution in [-0.4, -0.2) is 56.1 Å². The van der Waals surface area contributed by atoms with Crippen LogP contribution in [0.15, 0.2) is 0 Å². The third-order valence-corrected chi connectivity index (χ3v) is 0. The van der Waals surface area contributed by atoms with Crippen LogP contribution in [0.25, 0.3) is 0 Å². The Kier molecular flexibility index (Phi) is 8640. The molecule has 0 unspecified atom stereocenters. The molecular weight excluding hydrogens is 231 g/mol. The minimum atomic E-state index is 0. The summed E-state index contributed by atoms with van der Waals surface area (Å²) >= 11 is 0. The van der Waals surface area contributed by atoms with Crippen LogP contribution in [0.2, 0.25) is 0 Å². The zero-order valence-electron chi connectivity index (χ0n) is 5.42. The van der Waals surface area contributed by atoms with E-state index < -0.39 is 0 Å². The Morgan fingerprint density at radius 2 is 0.600 bits per heavy atom. The van der Waals surface area contributed by atoms with Crippen molar-refractivity contribution in [3.05, 3.63) is 0 Å². The zero-order chi connectivity index (χ0) is 2.00. The molecule has 10 heteroatoms. The quantitative estimate of drug-likeness (QED) is 0.378. The monoisotopic (exact) mass is 242 g/mol. The van der Waals surface area contributed by atoms with Gasteiger partial charge in [-0.1, -0.05) is 0 Å². The van der Waals surface area contributed by atoms with Gasteiger partial charge in [-0.3, -0.25) is 4.89 Å². The summed E-state index contributed by atoms with van der Waals surface area (Å²) in [7, 11) is 1.42. The summed E-state index contributed by atoms with van der Waals surface area (Å²) in [5.74, 6) is 0. The van der Waals surface area contributed by atoms with E-state index in [-0.39, 0.29) is 83.4 Å². The van der Waals surface area contributed by atoms with E-state index in [2.05, 4.69) is 0 Å². The number of rotatable bonds is 0. The van der Waals surface area contributed by atoms with Gasteiger partial charge in [0.25, 0.3) is 0 Å². The third kappa shape index (κ3) is 307. The van der Waals surface area contributed by atoms with Crippen molar-refractivity contribution < 1.29 is 64.5 Å². The molecular formula is H11LiNO5SiV2. The zero-order valence-corrected chi connectivity index (χ0v) is 9.37. The molecule has 0 atom stereocenters. The summed E-state index contributed by atoms with van der Waals surface area (Å²) in [6.07, 6.45) is 0. The molecule has 6 nitrogen and oxygen atoms in total. The molecule has 0 saturated carbocycles. The van der Waals surface area contributed by atoms with Crippen LogP contribution in [0.4, 0.5) is 0 Å². The Hall–Kier alpha value is 1.49. The molecule has 0 aliphatic heterocycles. The van der Waals surface area contributed by atoms with E-state index >= 15 is 0 Å². The molecule has 0 saturated heterocycles. The molecule has 10 heavy (non-hydrogen) atoms. The molecule has 0 aromatic carbocycles. The van der Waals surface area contributed by atoms with Gasteiger partial charge in [0.2, 0.25) is 0 Å². The van der Waals surface area contributed by atoms with Crippen molar-refractivity contribution >= 4 is 28.7 Å². The van der Waals surface area contributed by atoms with Crippen LogP contribution < -0.4 is 0 Å². The van der Waals surface area contributed by atoms with Gasteiger partial charge in [0.1, 0.15) is 0 Å². The first-order valence-corrected chi connectivity index (χ1v) is 0.775. The molecule has 0 amide bonds. The molecule has 0 aromatic rings. The summed E-state index contributed by atoms with van der Waals surface area (Å²) in [5.41, 5.74) is 0. The normalized spacial score (nSPS) is 0.200. The molecule has 0 aliphatic carbocycles. The maximum absolute atomic E-state index is 6.92. The smallest absolute Gasteiger partial charge is 0.176 e. The van der Waals surface area contributed by atoms with Crippen LogP contribution in [0, 0.1) is 4.89 Å². The molecule has 0 rings (SSSR count). The minimum Gasteiger partial charge on any atom is -0.412 e. The predicted molar refractivity (Wildman–Crippen MR) is 32.7 cm³/mol. The summed E-state index contributed by atoms with van der Waals surface area (Å²) in [6, 6.07) is 0. The van der Waals surface area contributed by atoms with Crippen LogP contribution >= 0.6 is 0 Å². The fraction of sp³-hybridized carbons (Fsp3) is 0. The summed E-state index contributed by atoms with van der Waals surface area (Å²) in [5, 5.41) is 0. The third-order valence-electron chi connectivity index (χ3n) is 0. The van der Waals surface area contributed by atoms with E-state index in [1.807, 2.05) is 0 Å². The van der Waals surface area contributed by atoms with E-state index in [1.165, 1.54) is 9.88 Å². The molecule has 0 spiro atoms. The average Bonchev–Trinajstić information content (AvgIpc) is 1.00. The Morgan fingerprint density at radius 3 is 0.600 bits per heavy atom. The maximum Gasteiger partial charge on any atom is 0.176 e. The van der Waals surface area contributed by atoms with Gasteiger partial charge in [-0.2, -0.15) is 0 Å². The summed E-state index contributed by atoms with van der Waals surface area (Å²) in [6.45, 7) is 0. The molecule has 61 valence electrons. The number of nitrogens with zero attached hydrogens (tertiary/aromatic N) is 1. The van der Waals surface area contributed by atoms with Crippen LogP contribution in [0.3, 0.4) is 0 Å². The fourth-order valence-corrected chi connectivity index (χ4v) is 0. The molecule has 0 bridgehead atoms. The minimum absolute atomic E-state index is 0. The van der Waals surface area contributed by atoms with Gasteiger partial charge in [-0.25, -0.2) is 0 Å². The number of hydrogen-bond acceptors (Lipinski definition) is 1. The van der Waals surface area contributed by atoms with Gasteiger partial charge < -0.3 is 27.4 Å². The summed E-state index contributed by atoms with van der Waals surface area (Å²) in [4.78, 5) is 6.92. The Labute approximate surface area is 97.6 Å². The van der Waals surface area contributed by atoms with Crippen molar-refractivity contribution in [3.8, 4) is 0 Å². The van der Waals surface area contributed by atoms with Crippen molar-refractivity contribution in [3.63, 3.8) is 0 Å². The predicted octanol–water partition coefficient (Wildman–Crippen LogP) is -5.14. The van der Waals surface area contributed by atoms with Gasteiger partial charge in [0, 0.05) is 56.0 Å². The largest absolute Gasteiger partial charge is 0.412 e. The van der Waals surface area contributed by atoms with E-state index in [0.29, 0.717) is 0 Å². The van der Waals surface area contributed by atoms with E-state index in [1.54, 1.807) is 0 Å². The molecule has 0 heterocycles. The molecule has 0 aromatic heterocycles. The van der Waals surface area contributed by atoms with Gasteiger partial charge in [-0.15, -0.1) is 0 Å². The average molecular weight is 242 g/mol. The second kappa shape index (κ2) is 424. The van der Waals surface area contributed by atoms with Crippen molar-refractivity contribution in [1.29, 1.82) is 4.89 Å². The standard InChI is InChI=1S/Li.HNSi.5H2O.2V/c;1-2;;;;;;;/h;2H;5*1H2;;. The Bertz CT molecular complexity index is 24.4.